The van der Waals surface area contributed by atoms with Crippen LogP contribution in [0.4, 0.5) is 0 Å². The molecule has 0 aromatic rings. The van der Waals surface area contributed by atoms with Gasteiger partial charge in [-0.3, -0.25) is 9.79 Å². The predicted molar refractivity (Wildman–Crippen MR) is 42.7 cm³/mol. The molecule has 0 spiro atoms. The molecule has 11 heavy (non-hydrogen) atoms. The van der Waals surface area contributed by atoms with Crippen molar-refractivity contribution in [1.82, 2.24) is 0 Å². The molecule has 0 bridgehead atoms. The van der Waals surface area contributed by atoms with Crippen LogP contribution < -0.4 is 0 Å². The van der Waals surface area contributed by atoms with E-state index in [1.54, 1.807) is 6.20 Å². The van der Waals surface area contributed by atoms with Crippen LogP contribution >= 0.6 is 0 Å². The van der Waals surface area contributed by atoms with Gasteiger partial charge in [-0.25, -0.2) is 0 Å². The lowest BCUT2D eigenvalue weighted by Crippen LogP contribution is -2.04. The summed E-state index contributed by atoms with van der Waals surface area (Å²) in [6.07, 6.45) is 6.46. The van der Waals surface area contributed by atoms with E-state index in [1.165, 1.54) is 0 Å². The minimum atomic E-state index is -0.748. The molecule has 0 atom stereocenters. The number of carboxylic acids is 1. The zero-order valence-electron chi connectivity index (χ0n) is 6.29. The largest absolute Gasteiger partial charge is 0.481 e. The van der Waals surface area contributed by atoms with Crippen molar-refractivity contribution in [1.29, 1.82) is 0 Å². The Morgan fingerprint density at radius 1 is 1.73 bits per heavy atom. The summed E-state index contributed by atoms with van der Waals surface area (Å²) < 4.78 is 0. The highest BCUT2D eigenvalue weighted by molar-refractivity contribution is 5.88. The Kier molecular flexibility index (Phi) is 2.83. The van der Waals surface area contributed by atoms with Gasteiger partial charge in [-0.05, 0) is 19.3 Å². The van der Waals surface area contributed by atoms with Gasteiger partial charge in [0.1, 0.15) is 0 Å². The molecule has 1 N–H and O–H groups in total. The Bertz CT molecular complexity index is 206. The monoisotopic (exact) mass is 153 g/mol. The van der Waals surface area contributed by atoms with Gasteiger partial charge in [0.15, 0.2) is 0 Å². The topological polar surface area (TPSA) is 49.7 Å². The van der Waals surface area contributed by atoms with Gasteiger partial charge in [-0.2, -0.15) is 0 Å². The summed E-state index contributed by atoms with van der Waals surface area (Å²) in [4.78, 5) is 14.2. The maximum Gasteiger partial charge on any atom is 0.303 e. The molecular formula is C8H11NO2. The molecule has 0 fully saturated rings. The van der Waals surface area contributed by atoms with Gasteiger partial charge in [0, 0.05) is 11.9 Å². The number of aliphatic imine (C=N–C) groups is 1. The summed E-state index contributed by atoms with van der Waals surface area (Å²) in [5, 5.41) is 8.37. The number of hydrogen-bond acceptors (Lipinski definition) is 2. The summed E-state index contributed by atoms with van der Waals surface area (Å²) in [6, 6.07) is 0. The van der Waals surface area contributed by atoms with E-state index in [1.807, 2.05) is 6.08 Å². The number of aliphatic carboxylic acids is 1. The van der Waals surface area contributed by atoms with E-state index in [0.717, 1.165) is 18.6 Å². The van der Waals surface area contributed by atoms with E-state index in [0.29, 0.717) is 6.42 Å². The first-order chi connectivity index (χ1) is 5.29. The third kappa shape index (κ3) is 2.98. The molecule has 1 heterocycles. The molecule has 3 nitrogen and oxygen atoms in total. The van der Waals surface area contributed by atoms with E-state index < -0.39 is 5.97 Å². The second kappa shape index (κ2) is 3.91. The second-order valence-corrected chi connectivity index (χ2v) is 2.51. The zero-order valence-corrected chi connectivity index (χ0v) is 6.29. The van der Waals surface area contributed by atoms with Gasteiger partial charge in [-0.15, -0.1) is 0 Å². The fourth-order valence-electron chi connectivity index (χ4n) is 0.988. The third-order valence-corrected chi connectivity index (χ3v) is 1.59. The van der Waals surface area contributed by atoms with Crippen molar-refractivity contribution in [2.24, 2.45) is 4.99 Å². The summed E-state index contributed by atoms with van der Waals surface area (Å²) >= 11 is 0. The first kappa shape index (κ1) is 7.98. The van der Waals surface area contributed by atoms with E-state index in [-0.39, 0.29) is 6.42 Å². The zero-order chi connectivity index (χ0) is 8.10. The van der Waals surface area contributed by atoms with Crippen LogP contribution in [0.3, 0.4) is 0 Å². The van der Waals surface area contributed by atoms with E-state index >= 15 is 0 Å². The van der Waals surface area contributed by atoms with Gasteiger partial charge in [0.2, 0.25) is 0 Å². The molecule has 1 aliphatic heterocycles. The molecule has 0 aliphatic carbocycles. The SMILES string of the molecule is O=C(O)CCC1=NC=CCC1. The maximum atomic E-state index is 10.2. The number of allylic oxidation sites excluding steroid dienone is 1. The summed E-state index contributed by atoms with van der Waals surface area (Å²) in [7, 11) is 0. The lowest BCUT2D eigenvalue weighted by Gasteiger charge is -2.04. The Balaban J connectivity index is 2.31. The molecule has 0 aromatic heterocycles. The Morgan fingerprint density at radius 3 is 3.09 bits per heavy atom. The molecule has 1 rings (SSSR count). The Morgan fingerprint density at radius 2 is 2.55 bits per heavy atom. The van der Waals surface area contributed by atoms with Crippen molar-refractivity contribution >= 4 is 11.7 Å². The summed E-state index contributed by atoms with van der Waals surface area (Å²) in [6.45, 7) is 0. The minimum absolute atomic E-state index is 0.201. The lowest BCUT2D eigenvalue weighted by atomic mass is 10.1. The van der Waals surface area contributed by atoms with Crippen LogP contribution in [0.5, 0.6) is 0 Å². The van der Waals surface area contributed by atoms with Crippen LogP contribution in [0.2, 0.25) is 0 Å². The Labute approximate surface area is 65.4 Å². The van der Waals surface area contributed by atoms with Crippen molar-refractivity contribution in [3.63, 3.8) is 0 Å². The van der Waals surface area contributed by atoms with Crippen molar-refractivity contribution in [3.8, 4) is 0 Å². The van der Waals surface area contributed by atoms with Gasteiger partial charge in [0.05, 0.1) is 6.42 Å². The quantitative estimate of drug-likeness (QED) is 0.669. The molecule has 0 saturated heterocycles. The molecule has 1 aliphatic rings. The molecule has 0 radical (unpaired) electrons. The molecule has 3 heteroatoms. The maximum absolute atomic E-state index is 10.2. The van der Waals surface area contributed by atoms with Gasteiger partial charge in [-0.1, -0.05) is 6.08 Å². The van der Waals surface area contributed by atoms with Crippen LogP contribution in [0.25, 0.3) is 0 Å². The fraction of sp³-hybridized carbons (Fsp3) is 0.500. The first-order valence-corrected chi connectivity index (χ1v) is 3.71. The van der Waals surface area contributed by atoms with Gasteiger partial charge in [0.25, 0.3) is 0 Å². The molecule has 0 aromatic carbocycles. The van der Waals surface area contributed by atoms with Crippen molar-refractivity contribution in [3.05, 3.63) is 12.3 Å². The normalized spacial score (nSPS) is 16.2. The molecule has 0 unspecified atom stereocenters. The van der Waals surface area contributed by atoms with Gasteiger partial charge >= 0.3 is 5.97 Å². The lowest BCUT2D eigenvalue weighted by molar-refractivity contribution is -0.136. The van der Waals surface area contributed by atoms with Gasteiger partial charge < -0.3 is 5.11 Å². The number of carbonyl (C=O) groups is 1. The standard InChI is InChI=1S/C8H11NO2/c10-8(11)5-4-7-3-1-2-6-9-7/h2,6H,1,3-5H2,(H,10,11). The highest BCUT2D eigenvalue weighted by atomic mass is 16.4. The number of carboxylic acid groups (broad SMARTS) is 1. The minimum Gasteiger partial charge on any atom is -0.481 e. The highest BCUT2D eigenvalue weighted by Crippen LogP contribution is 2.07. The number of rotatable bonds is 3. The van der Waals surface area contributed by atoms with E-state index in [4.69, 9.17) is 5.11 Å². The summed E-state index contributed by atoms with van der Waals surface area (Å²) in [5.41, 5.74) is 1.01. The van der Waals surface area contributed by atoms with E-state index in [2.05, 4.69) is 4.99 Å². The third-order valence-electron chi connectivity index (χ3n) is 1.59. The molecule has 0 amide bonds. The first-order valence-electron chi connectivity index (χ1n) is 3.71. The van der Waals surface area contributed by atoms with Crippen LogP contribution in [-0.2, 0) is 4.79 Å². The van der Waals surface area contributed by atoms with Crippen molar-refractivity contribution in [2.45, 2.75) is 25.7 Å². The predicted octanol–water partition coefficient (Wildman–Crippen LogP) is 1.60. The summed E-state index contributed by atoms with van der Waals surface area (Å²) in [5.74, 6) is -0.748. The number of nitrogens with zero attached hydrogens (tertiary/aromatic N) is 1. The van der Waals surface area contributed by atoms with Crippen LogP contribution in [0, 0.1) is 0 Å². The Hall–Kier alpha value is -1.12. The van der Waals surface area contributed by atoms with Crippen LogP contribution in [-0.4, -0.2) is 16.8 Å². The average molecular weight is 153 g/mol. The van der Waals surface area contributed by atoms with Crippen molar-refractivity contribution in [2.75, 3.05) is 0 Å². The fourth-order valence-corrected chi connectivity index (χ4v) is 0.988. The molecule has 60 valence electrons. The second-order valence-electron chi connectivity index (χ2n) is 2.51. The molecule has 0 saturated carbocycles. The van der Waals surface area contributed by atoms with Crippen molar-refractivity contribution < 1.29 is 9.90 Å². The number of hydrogen-bond donors (Lipinski definition) is 1. The van der Waals surface area contributed by atoms with Crippen LogP contribution in [0.15, 0.2) is 17.3 Å². The van der Waals surface area contributed by atoms with Crippen LogP contribution in [0.1, 0.15) is 25.7 Å². The average Bonchev–Trinajstić information content (AvgIpc) is 2.03. The highest BCUT2D eigenvalue weighted by Gasteiger charge is 2.03. The van der Waals surface area contributed by atoms with E-state index in [9.17, 15) is 4.79 Å². The molecular weight excluding hydrogens is 142 g/mol. The smallest absolute Gasteiger partial charge is 0.303 e.